The highest BCUT2D eigenvalue weighted by molar-refractivity contribution is 5.94. The van der Waals surface area contributed by atoms with E-state index in [9.17, 15) is 9.59 Å². The molecule has 3 aromatic carbocycles. The third-order valence-corrected chi connectivity index (χ3v) is 6.10. The van der Waals surface area contributed by atoms with Crippen molar-refractivity contribution in [2.24, 2.45) is 0 Å². The normalized spacial score (nSPS) is 10.3. The van der Waals surface area contributed by atoms with Gasteiger partial charge in [0.1, 0.15) is 36.0 Å². The van der Waals surface area contributed by atoms with Crippen LogP contribution in [0.5, 0.6) is 17.2 Å². The zero-order valence-corrected chi connectivity index (χ0v) is 22.9. The van der Waals surface area contributed by atoms with Crippen LogP contribution in [0.1, 0.15) is 61.4 Å². The van der Waals surface area contributed by atoms with Gasteiger partial charge in [-0.2, -0.15) is 5.26 Å². The second-order valence-corrected chi connectivity index (χ2v) is 9.10. The number of unbranched alkanes of at least 4 members (excludes halogenated alkanes) is 5. The lowest BCUT2D eigenvalue weighted by Crippen LogP contribution is -2.14. The summed E-state index contributed by atoms with van der Waals surface area (Å²) in [6.45, 7) is 6.17. The molecule has 0 heterocycles. The smallest absolute Gasteiger partial charge is 0.347 e. The van der Waals surface area contributed by atoms with Crippen molar-refractivity contribution >= 4 is 11.9 Å². The zero-order chi connectivity index (χ0) is 28.6. The van der Waals surface area contributed by atoms with E-state index < -0.39 is 11.9 Å². The van der Waals surface area contributed by atoms with Crippen LogP contribution in [-0.4, -0.2) is 31.8 Å². The predicted octanol–water partition coefficient (Wildman–Crippen LogP) is 7.29. The summed E-state index contributed by atoms with van der Waals surface area (Å²) < 4.78 is 22.3. The summed E-state index contributed by atoms with van der Waals surface area (Å²) in [6.07, 6.45) is 8.01. The van der Waals surface area contributed by atoms with Gasteiger partial charge in [0, 0.05) is 12.1 Å². The standard InChI is InChI=1S/C33H35NO6/c1-3-5-6-7-8-9-20-37-29-18-19-30(31(23-29)38-21-22-39-32(35)4-2)33(36)40-28-16-14-27(15-17-28)26-12-10-25(24-34)11-13-26/h4,10-19,23H,2-3,5-9,20-22H2,1H3. The second kappa shape index (κ2) is 16.4. The summed E-state index contributed by atoms with van der Waals surface area (Å²) in [5, 5.41) is 8.98. The number of hydrogen-bond acceptors (Lipinski definition) is 7. The molecular weight excluding hydrogens is 506 g/mol. The molecule has 0 radical (unpaired) electrons. The largest absolute Gasteiger partial charge is 0.493 e. The van der Waals surface area contributed by atoms with Crippen molar-refractivity contribution in [1.29, 1.82) is 5.26 Å². The van der Waals surface area contributed by atoms with Crippen molar-refractivity contribution in [3.8, 4) is 34.4 Å². The summed E-state index contributed by atoms with van der Waals surface area (Å²) >= 11 is 0. The average molecular weight is 542 g/mol. The van der Waals surface area contributed by atoms with Crippen LogP contribution in [0.3, 0.4) is 0 Å². The minimum Gasteiger partial charge on any atom is -0.493 e. The van der Waals surface area contributed by atoms with Crippen LogP contribution in [0, 0.1) is 11.3 Å². The third-order valence-electron chi connectivity index (χ3n) is 6.10. The van der Waals surface area contributed by atoms with Gasteiger partial charge in [0.25, 0.3) is 0 Å². The molecule has 7 heteroatoms. The van der Waals surface area contributed by atoms with Crippen molar-refractivity contribution in [2.45, 2.75) is 45.4 Å². The van der Waals surface area contributed by atoms with E-state index in [0.717, 1.165) is 30.0 Å². The molecule has 7 nitrogen and oxygen atoms in total. The van der Waals surface area contributed by atoms with Crippen molar-refractivity contribution in [3.05, 3.63) is 90.5 Å². The first-order valence-electron chi connectivity index (χ1n) is 13.6. The first kappa shape index (κ1) is 30.0. The van der Waals surface area contributed by atoms with E-state index in [1.165, 1.54) is 25.7 Å². The number of rotatable bonds is 16. The van der Waals surface area contributed by atoms with E-state index in [0.29, 0.717) is 23.7 Å². The first-order valence-corrected chi connectivity index (χ1v) is 13.6. The molecule has 0 bridgehead atoms. The fourth-order valence-corrected chi connectivity index (χ4v) is 3.92. The summed E-state index contributed by atoms with van der Waals surface area (Å²) in [6, 6.07) is 21.4. The first-order chi connectivity index (χ1) is 19.5. The third kappa shape index (κ3) is 9.63. The maximum atomic E-state index is 13.1. The fourth-order valence-electron chi connectivity index (χ4n) is 3.92. The number of carbonyl (C=O) groups excluding carboxylic acids is 2. The molecule has 0 fully saturated rings. The number of nitrogens with zero attached hydrogens (tertiary/aromatic N) is 1. The van der Waals surface area contributed by atoms with Gasteiger partial charge in [0.05, 0.1) is 18.2 Å². The van der Waals surface area contributed by atoms with E-state index in [1.54, 1.807) is 42.5 Å². The van der Waals surface area contributed by atoms with E-state index >= 15 is 0 Å². The van der Waals surface area contributed by atoms with E-state index in [-0.39, 0.29) is 24.5 Å². The van der Waals surface area contributed by atoms with Gasteiger partial charge < -0.3 is 18.9 Å². The lowest BCUT2D eigenvalue weighted by molar-refractivity contribution is -0.138. The highest BCUT2D eigenvalue weighted by Gasteiger charge is 2.17. The molecule has 0 aliphatic rings. The number of nitriles is 1. The maximum absolute atomic E-state index is 13.1. The number of esters is 2. The molecule has 0 aliphatic heterocycles. The Morgan fingerprint density at radius 2 is 1.45 bits per heavy atom. The van der Waals surface area contributed by atoms with Gasteiger partial charge in [-0.15, -0.1) is 0 Å². The van der Waals surface area contributed by atoms with Gasteiger partial charge >= 0.3 is 11.9 Å². The molecule has 0 aliphatic carbocycles. The monoisotopic (exact) mass is 541 g/mol. The number of benzene rings is 3. The van der Waals surface area contributed by atoms with Crippen LogP contribution in [0.15, 0.2) is 79.4 Å². The molecule has 0 saturated heterocycles. The topological polar surface area (TPSA) is 94.8 Å². The summed E-state index contributed by atoms with van der Waals surface area (Å²) in [7, 11) is 0. The van der Waals surface area contributed by atoms with Crippen molar-refractivity contribution < 1.29 is 28.5 Å². The van der Waals surface area contributed by atoms with Gasteiger partial charge in [-0.1, -0.05) is 69.9 Å². The number of carbonyl (C=O) groups is 2. The Bertz CT molecular complexity index is 1290. The minimum absolute atomic E-state index is 0.000998. The highest BCUT2D eigenvalue weighted by atomic mass is 16.6. The van der Waals surface area contributed by atoms with Gasteiger partial charge in [-0.05, 0) is 53.9 Å². The Hall–Kier alpha value is -4.57. The Morgan fingerprint density at radius 3 is 2.12 bits per heavy atom. The Balaban J connectivity index is 1.65. The molecule has 0 atom stereocenters. The van der Waals surface area contributed by atoms with Crippen LogP contribution in [0.4, 0.5) is 0 Å². The van der Waals surface area contributed by atoms with Crippen molar-refractivity contribution in [1.82, 2.24) is 0 Å². The van der Waals surface area contributed by atoms with E-state index in [2.05, 4.69) is 19.6 Å². The molecule has 0 spiro atoms. The van der Waals surface area contributed by atoms with Crippen LogP contribution < -0.4 is 14.2 Å². The lowest BCUT2D eigenvalue weighted by Gasteiger charge is -2.14. The molecule has 3 aromatic rings. The quantitative estimate of drug-likeness (QED) is 0.0813. The fraction of sp³-hybridized carbons (Fsp3) is 0.303. The Kier molecular flexibility index (Phi) is 12.3. The summed E-state index contributed by atoms with van der Waals surface area (Å²) in [5.74, 6) is 0.0799. The summed E-state index contributed by atoms with van der Waals surface area (Å²) in [4.78, 5) is 24.4. The molecule has 0 saturated carbocycles. The molecule has 0 unspecified atom stereocenters. The minimum atomic E-state index is -0.591. The van der Waals surface area contributed by atoms with E-state index in [4.69, 9.17) is 24.2 Å². The van der Waals surface area contributed by atoms with Gasteiger partial charge in [0.15, 0.2) is 0 Å². The molecule has 3 rings (SSSR count). The molecule has 0 aromatic heterocycles. The molecule has 0 amide bonds. The predicted molar refractivity (Wildman–Crippen MR) is 154 cm³/mol. The average Bonchev–Trinajstić information content (AvgIpc) is 2.99. The number of hydrogen-bond donors (Lipinski definition) is 0. The molecule has 40 heavy (non-hydrogen) atoms. The van der Waals surface area contributed by atoms with Gasteiger partial charge in [-0.25, -0.2) is 9.59 Å². The van der Waals surface area contributed by atoms with Crippen LogP contribution in [0.2, 0.25) is 0 Å². The van der Waals surface area contributed by atoms with E-state index in [1.807, 2.05) is 24.3 Å². The zero-order valence-electron chi connectivity index (χ0n) is 22.9. The second-order valence-electron chi connectivity index (χ2n) is 9.10. The Labute approximate surface area is 235 Å². The van der Waals surface area contributed by atoms with Crippen LogP contribution in [-0.2, 0) is 9.53 Å². The molecular formula is C33H35NO6. The van der Waals surface area contributed by atoms with Gasteiger partial charge in [-0.3, -0.25) is 0 Å². The lowest BCUT2D eigenvalue weighted by atomic mass is 10.0. The number of ether oxygens (including phenoxy) is 4. The highest BCUT2D eigenvalue weighted by Crippen LogP contribution is 2.28. The van der Waals surface area contributed by atoms with Crippen molar-refractivity contribution in [2.75, 3.05) is 19.8 Å². The molecule has 208 valence electrons. The van der Waals surface area contributed by atoms with Crippen molar-refractivity contribution in [3.63, 3.8) is 0 Å². The maximum Gasteiger partial charge on any atom is 0.347 e. The SMILES string of the molecule is C=CC(=O)OCCOc1cc(OCCCCCCCC)ccc1C(=O)Oc1ccc(-c2ccc(C#N)cc2)cc1. The molecule has 0 N–H and O–H groups in total. The van der Waals surface area contributed by atoms with Crippen LogP contribution >= 0.6 is 0 Å². The van der Waals surface area contributed by atoms with Crippen LogP contribution in [0.25, 0.3) is 11.1 Å². The van der Waals surface area contributed by atoms with Gasteiger partial charge in [0.2, 0.25) is 0 Å². The summed E-state index contributed by atoms with van der Waals surface area (Å²) in [5.41, 5.74) is 2.68. The Morgan fingerprint density at radius 1 is 0.800 bits per heavy atom.